The van der Waals surface area contributed by atoms with Crippen molar-refractivity contribution in [1.29, 1.82) is 0 Å². The quantitative estimate of drug-likeness (QED) is 0.374. The summed E-state index contributed by atoms with van der Waals surface area (Å²) < 4.78 is 0. The number of carbonyl (C=O) groups is 1. The van der Waals surface area contributed by atoms with E-state index in [0.29, 0.717) is 13.1 Å². The van der Waals surface area contributed by atoms with Crippen LogP contribution in [0.25, 0.3) is 0 Å². The number of hydrogen-bond donors (Lipinski definition) is 2. The molecular weight excluding hydrogens is 116 g/mol. The van der Waals surface area contributed by atoms with Crippen LogP contribution in [-0.2, 0) is 4.79 Å². The van der Waals surface area contributed by atoms with Gasteiger partial charge < -0.3 is 5.32 Å². The molecule has 0 aromatic heterocycles. The Morgan fingerprint density at radius 2 is 2.44 bits per heavy atom. The summed E-state index contributed by atoms with van der Waals surface area (Å²) in [6.45, 7) is 0.730. The predicted molar refractivity (Wildman–Crippen MR) is 35.8 cm³/mol. The molecule has 0 radical (unpaired) electrons. The van der Waals surface area contributed by atoms with Crippen LogP contribution < -0.4 is 10.6 Å². The van der Waals surface area contributed by atoms with E-state index in [1.165, 1.54) is 0 Å². The van der Waals surface area contributed by atoms with Crippen LogP contribution in [0, 0.1) is 12.3 Å². The average molecular weight is 126 g/mol. The zero-order valence-electron chi connectivity index (χ0n) is 5.40. The number of rotatable bonds is 3. The number of likely N-dealkylation sites (N-methyl/N-ethyl adjacent to an activating group) is 1. The SMILES string of the molecule is C#CCNCC(=O)NC. The van der Waals surface area contributed by atoms with Crippen LogP contribution in [-0.4, -0.2) is 26.0 Å². The van der Waals surface area contributed by atoms with Crippen molar-refractivity contribution in [2.45, 2.75) is 0 Å². The van der Waals surface area contributed by atoms with Crippen molar-refractivity contribution in [2.24, 2.45) is 0 Å². The molecule has 50 valence electrons. The van der Waals surface area contributed by atoms with E-state index in [2.05, 4.69) is 16.6 Å². The van der Waals surface area contributed by atoms with Gasteiger partial charge in [-0.05, 0) is 0 Å². The largest absolute Gasteiger partial charge is 0.358 e. The van der Waals surface area contributed by atoms with E-state index in [1.54, 1.807) is 7.05 Å². The highest BCUT2D eigenvalue weighted by Gasteiger charge is 1.91. The first-order valence-corrected chi connectivity index (χ1v) is 2.66. The van der Waals surface area contributed by atoms with Crippen LogP contribution in [0.3, 0.4) is 0 Å². The van der Waals surface area contributed by atoms with Crippen molar-refractivity contribution in [3.05, 3.63) is 0 Å². The summed E-state index contributed by atoms with van der Waals surface area (Å²) in [5, 5.41) is 5.19. The molecule has 3 nitrogen and oxygen atoms in total. The fourth-order valence-corrected chi connectivity index (χ4v) is 0.337. The summed E-state index contributed by atoms with van der Waals surface area (Å²) >= 11 is 0. The van der Waals surface area contributed by atoms with Gasteiger partial charge in [-0.3, -0.25) is 10.1 Å². The molecule has 0 rings (SSSR count). The molecule has 9 heavy (non-hydrogen) atoms. The van der Waals surface area contributed by atoms with Crippen molar-refractivity contribution in [2.75, 3.05) is 20.1 Å². The lowest BCUT2D eigenvalue weighted by Crippen LogP contribution is -2.31. The summed E-state index contributed by atoms with van der Waals surface area (Å²) in [5.41, 5.74) is 0. The summed E-state index contributed by atoms with van der Waals surface area (Å²) in [7, 11) is 1.58. The maximum Gasteiger partial charge on any atom is 0.233 e. The van der Waals surface area contributed by atoms with Gasteiger partial charge >= 0.3 is 0 Å². The summed E-state index contributed by atoms with van der Waals surface area (Å²) in [5.74, 6) is 2.31. The van der Waals surface area contributed by atoms with Crippen molar-refractivity contribution >= 4 is 5.91 Å². The first-order valence-electron chi connectivity index (χ1n) is 2.66. The van der Waals surface area contributed by atoms with Gasteiger partial charge in [0.2, 0.25) is 5.91 Å². The smallest absolute Gasteiger partial charge is 0.233 e. The van der Waals surface area contributed by atoms with Crippen molar-refractivity contribution in [1.82, 2.24) is 10.6 Å². The molecule has 2 N–H and O–H groups in total. The van der Waals surface area contributed by atoms with E-state index < -0.39 is 0 Å². The third-order valence-corrected chi connectivity index (χ3v) is 0.791. The van der Waals surface area contributed by atoms with E-state index >= 15 is 0 Å². The van der Waals surface area contributed by atoms with Crippen molar-refractivity contribution in [3.63, 3.8) is 0 Å². The molecule has 1 amide bonds. The average Bonchev–Trinajstić information content (AvgIpc) is 1.89. The second-order valence-corrected chi connectivity index (χ2v) is 1.48. The summed E-state index contributed by atoms with van der Waals surface area (Å²) in [6, 6.07) is 0. The molecule has 0 heterocycles. The Labute approximate surface area is 54.8 Å². The van der Waals surface area contributed by atoms with Gasteiger partial charge in [0.25, 0.3) is 0 Å². The lowest BCUT2D eigenvalue weighted by Gasteiger charge is -1.96. The summed E-state index contributed by atoms with van der Waals surface area (Å²) in [4.78, 5) is 10.4. The Bertz CT molecular complexity index is 126. The Kier molecular flexibility index (Phi) is 4.56. The van der Waals surface area contributed by atoms with Gasteiger partial charge in [0, 0.05) is 7.05 Å². The minimum absolute atomic E-state index is 0.0507. The Morgan fingerprint density at radius 1 is 1.78 bits per heavy atom. The maximum absolute atomic E-state index is 10.4. The lowest BCUT2D eigenvalue weighted by molar-refractivity contribution is -0.119. The van der Waals surface area contributed by atoms with E-state index in [9.17, 15) is 4.79 Å². The zero-order valence-corrected chi connectivity index (χ0v) is 5.40. The Hall–Kier alpha value is -1.01. The number of carbonyl (C=O) groups excluding carboxylic acids is 1. The van der Waals surface area contributed by atoms with Gasteiger partial charge in [0.05, 0.1) is 13.1 Å². The highest BCUT2D eigenvalue weighted by atomic mass is 16.1. The number of nitrogens with one attached hydrogen (secondary N) is 2. The fraction of sp³-hybridized carbons (Fsp3) is 0.500. The minimum Gasteiger partial charge on any atom is -0.358 e. The van der Waals surface area contributed by atoms with Gasteiger partial charge in [-0.15, -0.1) is 6.42 Å². The van der Waals surface area contributed by atoms with Gasteiger partial charge in [0.15, 0.2) is 0 Å². The monoisotopic (exact) mass is 126 g/mol. The summed E-state index contributed by atoms with van der Waals surface area (Å²) in [6.07, 6.45) is 4.91. The third-order valence-electron chi connectivity index (χ3n) is 0.791. The fourth-order valence-electron chi connectivity index (χ4n) is 0.337. The predicted octanol–water partition coefficient (Wildman–Crippen LogP) is -1.04. The molecule has 0 spiro atoms. The molecule has 0 aliphatic rings. The second-order valence-electron chi connectivity index (χ2n) is 1.48. The van der Waals surface area contributed by atoms with Crippen molar-refractivity contribution in [3.8, 4) is 12.3 Å². The molecule has 0 aliphatic carbocycles. The maximum atomic E-state index is 10.4. The zero-order chi connectivity index (χ0) is 7.11. The standard InChI is InChI=1S/C6H10N2O/c1-3-4-8-5-6(9)7-2/h1,8H,4-5H2,2H3,(H,7,9). The molecule has 0 unspecified atom stereocenters. The highest BCUT2D eigenvalue weighted by molar-refractivity contribution is 5.77. The second kappa shape index (κ2) is 5.13. The van der Waals surface area contributed by atoms with E-state index in [4.69, 9.17) is 6.42 Å². The molecular formula is C6H10N2O. The minimum atomic E-state index is -0.0507. The van der Waals surface area contributed by atoms with Gasteiger partial charge in [0.1, 0.15) is 0 Å². The Morgan fingerprint density at radius 3 is 2.89 bits per heavy atom. The first kappa shape index (κ1) is 7.99. The van der Waals surface area contributed by atoms with E-state index in [0.717, 1.165) is 0 Å². The molecule has 0 saturated carbocycles. The van der Waals surface area contributed by atoms with Crippen LogP contribution in [0.15, 0.2) is 0 Å². The first-order chi connectivity index (χ1) is 4.31. The molecule has 0 saturated heterocycles. The third kappa shape index (κ3) is 4.85. The lowest BCUT2D eigenvalue weighted by atomic mass is 10.5. The van der Waals surface area contributed by atoms with Gasteiger partial charge in [-0.1, -0.05) is 5.92 Å². The molecule has 3 heteroatoms. The number of terminal acetylenes is 1. The molecule has 0 aromatic carbocycles. The van der Waals surface area contributed by atoms with E-state index in [1.807, 2.05) is 0 Å². The number of amides is 1. The van der Waals surface area contributed by atoms with Crippen LogP contribution in [0.5, 0.6) is 0 Å². The molecule has 0 atom stereocenters. The van der Waals surface area contributed by atoms with E-state index in [-0.39, 0.29) is 5.91 Å². The van der Waals surface area contributed by atoms with Gasteiger partial charge in [-0.25, -0.2) is 0 Å². The molecule has 0 aliphatic heterocycles. The van der Waals surface area contributed by atoms with Crippen LogP contribution in [0.4, 0.5) is 0 Å². The van der Waals surface area contributed by atoms with Crippen molar-refractivity contribution < 1.29 is 4.79 Å². The molecule has 0 aromatic rings. The normalized spacial score (nSPS) is 8.00. The molecule has 0 fully saturated rings. The highest BCUT2D eigenvalue weighted by Crippen LogP contribution is 1.58. The van der Waals surface area contributed by atoms with Crippen LogP contribution in [0.2, 0.25) is 0 Å². The van der Waals surface area contributed by atoms with Crippen LogP contribution >= 0.6 is 0 Å². The molecule has 0 bridgehead atoms. The topological polar surface area (TPSA) is 41.1 Å². The van der Waals surface area contributed by atoms with Gasteiger partial charge in [-0.2, -0.15) is 0 Å². The number of hydrogen-bond acceptors (Lipinski definition) is 2. The Balaban J connectivity index is 3.09. The van der Waals surface area contributed by atoms with Crippen LogP contribution in [0.1, 0.15) is 0 Å².